The third-order valence-corrected chi connectivity index (χ3v) is 7.37. The molecule has 7 nitrogen and oxygen atoms in total. The summed E-state index contributed by atoms with van der Waals surface area (Å²) in [7, 11) is 1.59. The summed E-state index contributed by atoms with van der Waals surface area (Å²) in [5.41, 5.74) is 9.68. The second kappa shape index (κ2) is 9.62. The number of hydrogen-bond acceptors (Lipinski definition) is 7. The highest BCUT2D eigenvalue weighted by molar-refractivity contribution is 5.99. The summed E-state index contributed by atoms with van der Waals surface area (Å²) in [5, 5.41) is 10.7. The van der Waals surface area contributed by atoms with Crippen molar-refractivity contribution in [3.63, 3.8) is 0 Å². The maximum absolute atomic E-state index is 13.1. The molecule has 1 aliphatic carbocycles. The van der Waals surface area contributed by atoms with Crippen molar-refractivity contribution in [1.82, 2.24) is 0 Å². The third-order valence-electron chi connectivity index (χ3n) is 7.37. The van der Waals surface area contributed by atoms with Crippen molar-refractivity contribution in [2.75, 3.05) is 7.11 Å². The molecule has 0 bridgehead atoms. The molecule has 37 heavy (non-hydrogen) atoms. The summed E-state index contributed by atoms with van der Waals surface area (Å²) in [4.78, 5) is 26.2. The molecular formula is C30H28N2O5. The Labute approximate surface area is 214 Å². The fourth-order valence-electron chi connectivity index (χ4n) is 5.20. The van der Waals surface area contributed by atoms with E-state index in [0.29, 0.717) is 58.4 Å². The van der Waals surface area contributed by atoms with E-state index in [1.54, 1.807) is 19.2 Å². The molecule has 2 atom stereocenters. The van der Waals surface area contributed by atoms with E-state index >= 15 is 0 Å². The van der Waals surface area contributed by atoms with E-state index < -0.39 is 11.5 Å². The molecule has 0 radical (unpaired) electrons. The summed E-state index contributed by atoms with van der Waals surface area (Å²) >= 11 is 0. The van der Waals surface area contributed by atoms with Crippen LogP contribution in [0.5, 0.6) is 5.75 Å². The molecule has 0 saturated heterocycles. The third kappa shape index (κ3) is 4.19. The zero-order valence-corrected chi connectivity index (χ0v) is 21.1. The first kappa shape index (κ1) is 24.4. The first-order chi connectivity index (χ1) is 17.9. The number of hydrogen-bond donors (Lipinski definition) is 1. The number of ketones is 1. The lowest BCUT2D eigenvalue weighted by Gasteiger charge is -2.31. The Balaban J connectivity index is 1.77. The maximum atomic E-state index is 13.1. The quantitative estimate of drug-likeness (QED) is 0.444. The number of carbonyl (C=O) groups excluding carboxylic acids is 1. The number of nitrogens with zero attached hydrogens (tertiary/aromatic N) is 1. The smallest absolute Gasteiger partial charge is 0.344 e. The highest BCUT2D eigenvalue weighted by Gasteiger charge is 2.38. The van der Waals surface area contributed by atoms with Crippen molar-refractivity contribution < 1.29 is 18.7 Å². The molecule has 7 heteroatoms. The van der Waals surface area contributed by atoms with Crippen LogP contribution in [0.4, 0.5) is 0 Å². The van der Waals surface area contributed by atoms with Gasteiger partial charge in [0.05, 0.1) is 18.6 Å². The summed E-state index contributed by atoms with van der Waals surface area (Å²) in [5.74, 6) is 0.662. The van der Waals surface area contributed by atoms with Gasteiger partial charge in [0.2, 0.25) is 5.88 Å². The van der Waals surface area contributed by atoms with E-state index in [2.05, 4.69) is 19.9 Å². The number of Topliss-reactive ketones (excluding diaryl/α,β-unsaturated/α-hetero) is 1. The van der Waals surface area contributed by atoms with Gasteiger partial charge >= 0.3 is 5.63 Å². The number of carbonyl (C=O) groups is 1. The van der Waals surface area contributed by atoms with Crippen LogP contribution < -0.4 is 16.1 Å². The molecule has 1 aliphatic heterocycles. The molecule has 5 rings (SSSR count). The van der Waals surface area contributed by atoms with Gasteiger partial charge < -0.3 is 19.6 Å². The Morgan fingerprint density at radius 2 is 1.92 bits per heavy atom. The Kier molecular flexibility index (Phi) is 6.34. The van der Waals surface area contributed by atoms with Crippen LogP contribution in [-0.4, -0.2) is 12.9 Å². The molecule has 2 unspecified atom stereocenters. The Bertz CT molecular complexity index is 1570. The summed E-state index contributed by atoms with van der Waals surface area (Å²) in [6, 6.07) is 15.0. The van der Waals surface area contributed by atoms with Crippen LogP contribution in [0.1, 0.15) is 62.5 Å². The van der Waals surface area contributed by atoms with Crippen molar-refractivity contribution in [3.8, 4) is 22.9 Å². The van der Waals surface area contributed by atoms with Gasteiger partial charge in [-0.3, -0.25) is 4.79 Å². The zero-order valence-electron chi connectivity index (χ0n) is 21.1. The summed E-state index contributed by atoms with van der Waals surface area (Å²) < 4.78 is 16.9. The van der Waals surface area contributed by atoms with E-state index in [4.69, 9.17) is 19.6 Å². The van der Waals surface area contributed by atoms with Gasteiger partial charge in [0.25, 0.3) is 0 Å². The van der Waals surface area contributed by atoms with Crippen molar-refractivity contribution in [1.29, 1.82) is 5.26 Å². The second-order valence-electron chi connectivity index (χ2n) is 9.55. The number of ether oxygens (including phenoxy) is 2. The van der Waals surface area contributed by atoms with Crippen molar-refractivity contribution in [2.45, 2.75) is 51.4 Å². The zero-order chi connectivity index (χ0) is 26.3. The highest BCUT2D eigenvalue weighted by Crippen LogP contribution is 2.45. The molecule has 3 aromatic rings. The highest BCUT2D eigenvalue weighted by atomic mass is 16.5. The maximum Gasteiger partial charge on any atom is 0.344 e. The average molecular weight is 497 g/mol. The van der Waals surface area contributed by atoms with E-state index in [0.717, 1.165) is 17.5 Å². The summed E-state index contributed by atoms with van der Waals surface area (Å²) in [6.45, 7) is 4.12. The number of benzene rings is 2. The number of nitriles is 1. The minimum Gasteiger partial charge on any atom is -0.497 e. The fourth-order valence-corrected chi connectivity index (χ4v) is 5.20. The number of nitrogens with two attached hydrogens (primary N) is 1. The molecule has 0 spiro atoms. The fraction of sp³-hybridized carbons (Fsp3) is 0.300. The van der Waals surface area contributed by atoms with Gasteiger partial charge in [-0.15, -0.1) is 0 Å². The topological polar surface area (TPSA) is 116 Å². The predicted molar refractivity (Wildman–Crippen MR) is 140 cm³/mol. The monoisotopic (exact) mass is 496 g/mol. The second-order valence-corrected chi connectivity index (χ2v) is 9.55. The summed E-state index contributed by atoms with van der Waals surface area (Å²) in [6.07, 6.45) is 2.50. The molecule has 2 aromatic carbocycles. The molecule has 0 amide bonds. The molecule has 188 valence electrons. The number of rotatable bonds is 5. The van der Waals surface area contributed by atoms with E-state index in [1.165, 1.54) is 0 Å². The van der Waals surface area contributed by atoms with E-state index in [1.807, 2.05) is 30.3 Å². The average Bonchev–Trinajstić information content (AvgIpc) is 2.91. The van der Waals surface area contributed by atoms with Gasteiger partial charge in [-0.25, -0.2) is 4.79 Å². The normalized spacial score (nSPS) is 18.3. The van der Waals surface area contributed by atoms with Crippen LogP contribution in [0.3, 0.4) is 0 Å². The Hall–Kier alpha value is -4.31. The van der Waals surface area contributed by atoms with Gasteiger partial charge in [-0.2, -0.15) is 5.26 Å². The number of methoxy groups -OCH3 is 1. The number of fused-ring (bicyclic) bond motifs is 1. The van der Waals surface area contributed by atoms with E-state index in [-0.39, 0.29) is 23.2 Å². The Morgan fingerprint density at radius 1 is 1.16 bits per heavy atom. The minimum atomic E-state index is -0.634. The van der Waals surface area contributed by atoms with Crippen LogP contribution in [0, 0.1) is 11.3 Å². The lowest BCUT2D eigenvalue weighted by molar-refractivity contribution is -0.116. The minimum absolute atomic E-state index is 0.0321. The van der Waals surface area contributed by atoms with E-state index in [9.17, 15) is 14.9 Å². The van der Waals surface area contributed by atoms with Crippen molar-refractivity contribution >= 4 is 16.8 Å². The van der Waals surface area contributed by atoms with Gasteiger partial charge in [-0.05, 0) is 59.7 Å². The molecule has 0 saturated carbocycles. The van der Waals surface area contributed by atoms with Crippen LogP contribution in [0.2, 0.25) is 0 Å². The lowest BCUT2D eigenvalue weighted by Crippen LogP contribution is -2.27. The lowest BCUT2D eigenvalue weighted by atomic mass is 9.76. The molecule has 2 aliphatic rings. The molecule has 2 heterocycles. The van der Waals surface area contributed by atoms with Crippen LogP contribution >= 0.6 is 0 Å². The van der Waals surface area contributed by atoms with Gasteiger partial charge in [0.15, 0.2) is 5.78 Å². The predicted octanol–water partition coefficient (Wildman–Crippen LogP) is 5.80. The molecular weight excluding hydrogens is 468 g/mol. The van der Waals surface area contributed by atoms with Crippen molar-refractivity contribution in [3.05, 3.63) is 86.8 Å². The van der Waals surface area contributed by atoms with Crippen molar-refractivity contribution in [2.24, 2.45) is 5.73 Å². The standard InChI is InChI=1S/C30H28N2O5/c1-4-16(2)21-13-18(26-23(15-31)29(32)36-25-7-5-6-24(33)27(25)26)12-19-14-22(30(34)37-28(19)21)17-8-10-20(35-3)11-9-17/h8-14,16,26H,4-7,32H2,1-3H3. The SMILES string of the molecule is CCC(C)c1cc(C2C(C#N)=C(N)OC3=C2C(=O)CCC3)cc2cc(-c3ccc(OC)cc3)c(=O)oc12. The molecule has 2 N–H and O–H groups in total. The first-order valence-corrected chi connectivity index (χ1v) is 12.5. The van der Waals surface area contributed by atoms with Crippen LogP contribution in [0.25, 0.3) is 22.1 Å². The van der Waals surface area contributed by atoms with Crippen LogP contribution in [0.15, 0.2) is 74.5 Å². The Morgan fingerprint density at radius 3 is 2.59 bits per heavy atom. The largest absolute Gasteiger partial charge is 0.497 e. The van der Waals surface area contributed by atoms with Gasteiger partial charge in [0.1, 0.15) is 28.7 Å². The van der Waals surface area contributed by atoms with Gasteiger partial charge in [0, 0.05) is 23.8 Å². The molecule has 1 aromatic heterocycles. The first-order valence-electron chi connectivity index (χ1n) is 12.5. The van der Waals surface area contributed by atoms with Gasteiger partial charge in [-0.1, -0.05) is 32.0 Å². The van der Waals surface area contributed by atoms with Crippen LogP contribution in [-0.2, 0) is 9.53 Å². The molecule has 0 fully saturated rings. The number of allylic oxidation sites excluding steroid dienone is 3.